The molecule has 0 aromatic heterocycles. The Morgan fingerprint density at radius 3 is 2.80 bits per heavy atom. The quantitative estimate of drug-likeness (QED) is 0.861. The van der Waals surface area contributed by atoms with Crippen LogP contribution >= 0.6 is 0 Å². The molecule has 2 aliphatic heterocycles. The van der Waals surface area contributed by atoms with Gasteiger partial charge in [-0.25, -0.2) is 4.99 Å². The lowest BCUT2D eigenvalue weighted by Crippen LogP contribution is -2.51. The lowest BCUT2D eigenvalue weighted by Gasteiger charge is -2.45. The lowest BCUT2D eigenvalue weighted by molar-refractivity contribution is 0.00537. The molecule has 0 amide bonds. The first-order valence-electron chi connectivity index (χ1n) is 8.23. The number of ether oxygens (including phenoxy) is 1. The number of hydrogen-bond acceptors (Lipinski definition) is 4. The van der Waals surface area contributed by atoms with Crippen molar-refractivity contribution in [3.63, 3.8) is 0 Å². The van der Waals surface area contributed by atoms with Gasteiger partial charge in [-0.1, -0.05) is 19.3 Å². The Bertz CT molecular complexity index is 371. The fourth-order valence-electron chi connectivity index (χ4n) is 4.23. The van der Waals surface area contributed by atoms with E-state index in [2.05, 4.69) is 16.8 Å². The van der Waals surface area contributed by atoms with Gasteiger partial charge >= 0.3 is 0 Å². The topological polar surface area (TPSA) is 45.1 Å². The van der Waals surface area contributed by atoms with Gasteiger partial charge in [-0.3, -0.25) is 4.90 Å². The van der Waals surface area contributed by atoms with Crippen LogP contribution in [0, 0.1) is 11.8 Å². The predicted octanol–water partition coefficient (Wildman–Crippen LogP) is 2.07. The molecular weight excluding hydrogens is 252 g/mol. The van der Waals surface area contributed by atoms with Crippen LogP contribution in [-0.2, 0) is 4.74 Å². The highest BCUT2D eigenvalue weighted by atomic mass is 16.5. The third-order valence-electron chi connectivity index (χ3n) is 5.48. The zero-order valence-electron chi connectivity index (χ0n) is 12.8. The first-order valence-corrected chi connectivity index (χ1v) is 8.23. The zero-order chi connectivity index (χ0) is 14.1. The molecular formula is C16H28N2O2. The lowest BCUT2D eigenvalue weighted by atomic mass is 9.73. The Morgan fingerprint density at radius 1 is 1.35 bits per heavy atom. The molecule has 5 atom stereocenters. The minimum absolute atomic E-state index is 0.0636. The highest BCUT2D eigenvalue weighted by Crippen LogP contribution is 2.38. The Morgan fingerprint density at radius 2 is 2.10 bits per heavy atom. The monoisotopic (exact) mass is 280 g/mol. The van der Waals surface area contributed by atoms with Gasteiger partial charge in [0.25, 0.3) is 0 Å². The molecule has 20 heavy (non-hydrogen) atoms. The molecule has 3 unspecified atom stereocenters. The number of aliphatic imine (C=N–C) groups is 1. The van der Waals surface area contributed by atoms with E-state index in [0.717, 1.165) is 18.4 Å². The highest BCUT2D eigenvalue weighted by Gasteiger charge is 2.36. The Kier molecular flexibility index (Phi) is 4.32. The van der Waals surface area contributed by atoms with Gasteiger partial charge in [0, 0.05) is 26.1 Å². The van der Waals surface area contributed by atoms with Gasteiger partial charge in [0.15, 0.2) is 5.90 Å². The number of rotatable bonds is 3. The summed E-state index contributed by atoms with van der Waals surface area (Å²) in [6.07, 6.45) is 6.53. The van der Waals surface area contributed by atoms with Crippen molar-refractivity contribution in [3.05, 3.63) is 0 Å². The summed E-state index contributed by atoms with van der Waals surface area (Å²) in [4.78, 5) is 6.86. The predicted molar refractivity (Wildman–Crippen MR) is 80.0 cm³/mol. The first kappa shape index (κ1) is 14.3. The maximum Gasteiger partial charge on any atom is 0.180 e. The third-order valence-corrected chi connectivity index (χ3v) is 5.48. The van der Waals surface area contributed by atoms with Gasteiger partial charge in [-0.2, -0.15) is 0 Å². The Labute approximate surface area is 122 Å². The van der Waals surface area contributed by atoms with Crippen LogP contribution in [0.5, 0.6) is 0 Å². The third kappa shape index (κ3) is 3.01. The Balaban J connectivity index is 1.56. The molecule has 0 aromatic rings. The number of piperidine rings is 1. The summed E-state index contributed by atoms with van der Waals surface area (Å²) in [6, 6.07) is 0.530. The van der Waals surface area contributed by atoms with Crippen LogP contribution in [0.4, 0.5) is 0 Å². The molecule has 2 heterocycles. The summed E-state index contributed by atoms with van der Waals surface area (Å²) < 4.78 is 5.36. The molecule has 2 fully saturated rings. The van der Waals surface area contributed by atoms with E-state index in [1.165, 1.54) is 38.6 Å². The van der Waals surface area contributed by atoms with E-state index < -0.39 is 6.10 Å². The summed E-state index contributed by atoms with van der Waals surface area (Å²) in [6.45, 7) is 6.63. The molecule has 0 bridgehead atoms. The maximum atomic E-state index is 10.4. The molecule has 0 radical (unpaired) electrons. The summed E-state index contributed by atoms with van der Waals surface area (Å²) in [5.74, 6) is 2.51. The number of aliphatic hydroxyl groups excluding tert-OH is 1. The Hall–Kier alpha value is -0.610. The van der Waals surface area contributed by atoms with Crippen LogP contribution in [0.2, 0.25) is 0 Å². The molecule has 1 saturated carbocycles. The van der Waals surface area contributed by atoms with Crippen LogP contribution in [0.3, 0.4) is 0 Å². The number of fused-ring (bicyclic) bond motifs is 1. The van der Waals surface area contributed by atoms with Crippen molar-refractivity contribution in [3.8, 4) is 0 Å². The van der Waals surface area contributed by atoms with Crippen LogP contribution in [0.25, 0.3) is 0 Å². The van der Waals surface area contributed by atoms with Crippen LogP contribution in [0.15, 0.2) is 4.99 Å². The van der Waals surface area contributed by atoms with Crippen LogP contribution < -0.4 is 0 Å². The number of β-amino-alcohol motifs (C(OH)–C–C–N with tert-alkyl or cyclic N) is 1. The smallest absolute Gasteiger partial charge is 0.180 e. The molecule has 4 nitrogen and oxygen atoms in total. The van der Waals surface area contributed by atoms with Crippen LogP contribution in [-0.4, -0.2) is 53.8 Å². The minimum Gasteiger partial charge on any atom is -0.479 e. The van der Waals surface area contributed by atoms with E-state index in [0.29, 0.717) is 18.5 Å². The van der Waals surface area contributed by atoms with E-state index in [-0.39, 0.29) is 6.04 Å². The van der Waals surface area contributed by atoms with Crippen molar-refractivity contribution in [1.29, 1.82) is 0 Å². The van der Waals surface area contributed by atoms with Crippen molar-refractivity contribution in [2.75, 3.05) is 19.7 Å². The second-order valence-electron chi connectivity index (χ2n) is 6.94. The average molecular weight is 280 g/mol. The molecule has 1 saturated heterocycles. The van der Waals surface area contributed by atoms with E-state index >= 15 is 0 Å². The van der Waals surface area contributed by atoms with Gasteiger partial charge in [-0.05, 0) is 31.6 Å². The molecule has 0 aromatic carbocycles. The fourth-order valence-corrected chi connectivity index (χ4v) is 4.23. The van der Waals surface area contributed by atoms with Gasteiger partial charge in [-0.15, -0.1) is 0 Å². The molecule has 1 N–H and O–H groups in total. The largest absolute Gasteiger partial charge is 0.479 e. The standard InChI is InChI=1S/C16H28N2O2/c1-11-7-13-5-3-4-6-14(13)8-18(11)9-16(19)15-10-20-12(2)17-15/h11,13-16,19H,3-10H2,1-2H3/t11?,13-,14+,15?,16?/m0/s1. The van der Waals surface area contributed by atoms with Crippen molar-refractivity contribution in [2.24, 2.45) is 16.8 Å². The van der Waals surface area contributed by atoms with Crippen molar-refractivity contribution in [1.82, 2.24) is 4.90 Å². The van der Waals surface area contributed by atoms with E-state index in [9.17, 15) is 5.11 Å². The van der Waals surface area contributed by atoms with Gasteiger partial charge in [0.1, 0.15) is 12.6 Å². The summed E-state index contributed by atoms with van der Waals surface area (Å²) >= 11 is 0. The van der Waals surface area contributed by atoms with E-state index in [4.69, 9.17) is 4.74 Å². The average Bonchev–Trinajstić information content (AvgIpc) is 2.86. The second kappa shape index (κ2) is 6.02. The van der Waals surface area contributed by atoms with E-state index in [1.54, 1.807) is 0 Å². The zero-order valence-corrected chi connectivity index (χ0v) is 12.8. The fraction of sp³-hybridized carbons (Fsp3) is 0.938. The number of hydrogen-bond donors (Lipinski definition) is 1. The van der Waals surface area contributed by atoms with E-state index in [1.807, 2.05) is 6.92 Å². The molecule has 3 aliphatic rings. The molecule has 3 rings (SSSR count). The molecule has 114 valence electrons. The van der Waals surface area contributed by atoms with Crippen molar-refractivity contribution < 1.29 is 9.84 Å². The van der Waals surface area contributed by atoms with Gasteiger partial charge in [0.2, 0.25) is 0 Å². The molecule has 1 aliphatic carbocycles. The molecule has 0 spiro atoms. The SMILES string of the molecule is CC1=NC(C(O)CN2C[C@H]3CCCC[C@H]3CC2C)CO1. The normalized spacial score (nSPS) is 39.9. The number of aliphatic hydroxyl groups is 1. The molecule has 4 heteroatoms. The highest BCUT2D eigenvalue weighted by molar-refractivity contribution is 5.74. The van der Waals surface area contributed by atoms with Gasteiger partial charge in [0.05, 0.1) is 6.10 Å². The second-order valence-corrected chi connectivity index (χ2v) is 6.94. The van der Waals surface area contributed by atoms with Gasteiger partial charge < -0.3 is 9.84 Å². The first-order chi connectivity index (χ1) is 9.63. The number of nitrogens with zero attached hydrogens (tertiary/aromatic N) is 2. The maximum absolute atomic E-state index is 10.4. The summed E-state index contributed by atoms with van der Waals surface area (Å²) in [5.41, 5.74) is 0. The minimum atomic E-state index is -0.393. The number of likely N-dealkylation sites (tertiary alicyclic amines) is 1. The van der Waals surface area contributed by atoms with Crippen LogP contribution in [0.1, 0.15) is 46.0 Å². The van der Waals surface area contributed by atoms with Crippen molar-refractivity contribution >= 4 is 5.90 Å². The van der Waals surface area contributed by atoms with Crippen molar-refractivity contribution in [2.45, 2.75) is 64.1 Å². The summed E-state index contributed by atoms with van der Waals surface area (Å²) in [7, 11) is 0. The summed E-state index contributed by atoms with van der Waals surface area (Å²) in [5, 5.41) is 10.4.